The van der Waals surface area contributed by atoms with Crippen LogP contribution in [-0.4, -0.2) is 44.8 Å². The second-order valence-corrected chi connectivity index (χ2v) is 10.6. The van der Waals surface area contributed by atoms with Crippen molar-refractivity contribution in [2.45, 2.75) is 148 Å². The number of carbonyl (C=O) groups excluding carboxylic acids is 1. The van der Waals surface area contributed by atoms with Gasteiger partial charge in [0.25, 0.3) is 0 Å². The van der Waals surface area contributed by atoms with Gasteiger partial charge in [0.2, 0.25) is 5.91 Å². The van der Waals surface area contributed by atoms with Crippen molar-refractivity contribution in [3.63, 3.8) is 0 Å². The van der Waals surface area contributed by atoms with Crippen LogP contribution in [0, 0.1) is 0 Å². The molecule has 0 spiro atoms. The van der Waals surface area contributed by atoms with E-state index in [2.05, 4.69) is 19.4 Å². The highest BCUT2D eigenvalue weighted by Crippen LogP contribution is 2.15. The van der Waals surface area contributed by atoms with E-state index in [4.69, 9.17) is 5.11 Å². The van der Waals surface area contributed by atoms with E-state index < -0.39 is 0 Å². The van der Waals surface area contributed by atoms with Crippen molar-refractivity contribution in [2.24, 2.45) is 0 Å². The van der Waals surface area contributed by atoms with Crippen molar-refractivity contribution in [3.8, 4) is 0 Å². The fraction of sp³-hybridized carbons (Fsp3) is 0.966. The van der Waals surface area contributed by atoms with Gasteiger partial charge < -0.3 is 27.7 Å². The first-order valence-corrected chi connectivity index (χ1v) is 14.8. The minimum atomic E-state index is 0. The molecule has 5 heteroatoms. The monoisotopic (exact) mass is 504 g/mol. The molecule has 0 saturated carbocycles. The van der Waals surface area contributed by atoms with Crippen molar-refractivity contribution >= 4 is 5.91 Å². The molecule has 0 saturated heterocycles. The van der Waals surface area contributed by atoms with Crippen LogP contribution in [0.15, 0.2) is 0 Å². The zero-order valence-electron chi connectivity index (χ0n) is 23.1. The van der Waals surface area contributed by atoms with Crippen molar-refractivity contribution in [1.29, 1.82) is 0 Å². The van der Waals surface area contributed by atoms with E-state index in [9.17, 15) is 4.79 Å². The Kier molecular flexibility index (Phi) is 32.4. The van der Waals surface area contributed by atoms with Gasteiger partial charge in [-0.2, -0.15) is 0 Å². The molecule has 0 aliphatic carbocycles. The summed E-state index contributed by atoms with van der Waals surface area (Å²) < 4.78 is 0. The van der Waals surface area contributed by atoms with Crippen LogP contribution in [-0.2, 0) is 4.79 Å². The summed E-state index contributed by atoms with van der Waals surface area (Å²) in [5, 5.41) is 11.8. The maximum Gasteiger partial charge on any atom is 0.219 e. The first-order chi connectivity index (χ1) is 16.2. The molecule has 0 bridgehead atoms. The third-order valence-corrected chi connectivity index (χ3v) is 6.74. The molecule has 34 heavy (non-hydrogen) atoms. The number of carbonyl (C=O) groups is 1. The molecule has 1 amide bonds. The Bertz CT molecular complexity index is 394. The number of rotatable bonds is 27. The van der Waals surface area contributed by atoms with Gasteiger partial charge in [0.1, 0.15) is 0 Å². The smallest absolute Gasteiger partial charge is 0.219 e. The van der Waals surface area contributed by atoms with E-state index in [1.165, 1.54) is 127 Å². The number of aliphatic hydroxyl groups is 1. The number of halogens is 1. The summed E-state index contributed by atoms with van der Waals surface area (Å²) >= 11 is 0. The molecule has 0 aliphatic rings. The molecule has 0 fully saturated rings. The van der Waals surface area contributed by atoms with Crippen molar-refractivity contribution in [1.82, 2.24) is 5.32 Å². The summed E-state index contributed by atoms with van der Waals surface area (Å²) in [6, 6.07) is 0. The Morgan fingerprint density at radius 2 is 0.882 bits per heavy atom. The topological polar surface area (TPSA) is 53.8 Å². The van der Waals surface area contributed by atoms with Gasteiger partial charge in [-0.3, -0.25) is 4.79 Å². The number of hydrogen-bond donors (Lipinski definition) is 3. The molecule has 0 aromatic carbocycles. The van der Waals surface area contributed by atoms with Crippen LogP contribution in [0.1, 0.15) is 148 Å². The van der Waals surface area contributed by atoms with Gasteiger partial charge in [-0.1, -0.05) is 122 Å². The lowest BCUT2D eigenvalue weighted by Gasteiger charge is -2.08. The number of hydrogen-bond acceptors (Lipinski definition) is 2. The predicted octanol–water partition coefficient (Wildman–Crippen LogP) is 3.22. The van der Waals surface area contributed by atoms with Gasteiger partial charge in [0, 0.05) is 26.0 Å². The molecule has 0 aliphatic heterocycles. The maximum atomic E-state index is 11.8. The molecular formula is C29H61ClN2O2. The summed E-state index contributed by atoms with van der Waals surface area (Å²) in [6.45, 7) is 2.31. The van der Waals surface area contributed by atoms with Crippen LogP contribution in [0.4, 0.5) is 0 Å². The highest BCUT2D eigenvalue weighted by molar-refractivity contribution is 5.75. The molecule has 0 radical (unpaired) electrons. The number of quaternary nitrogens is 1. The van der Waals surface area contributed by atoms with Crippen LogP contribution in [0.2, 0.25) is 0 Å². The fourth-order valence-corrected chi connectivity index (χ4v) is 4.51. The number of amides is 1. The van der Waals surface area contributed by atoms with Crippen LogP contribution < -0.4 is 22.6 Å². The van der Waals surface area contributed by atoms with Crippen LogP contribution in [0.3, 0.4) is 0 Å². The third-order valence-electron chi connectivity index (χ3n) is 6.74. The summed E-state index contributed by atoms with van der Waals surface area (Å²) in [6.07, 6.45) is 30.0. The molecule has 0 aromatic rings. The quantitative estimate of drug-likeness (QED) is 0.150. The van der Waals surface area contributed by atoms with Crippen LogP contribution >= 0.6 is 0 Å². The van der Waals surface area contributed by atoms with Crippen molar-refractivity contribution < 1.29 is 27.2 Å². The zero-order valence-corrected chi connectivity index (χ0v) is 23.9. The molecule has 0 aromatic heterocycles. The molecule has 206 valence electrons. The molecule has 3 N–H and O–H groups in total. The van der Waals surface area contributed by atoms with Crippen molar-refractivity contribution in [3.05, 3.63) is 0 Å². The maximum absolute atomic E-state index is 11.8. The second kappa shape index (κ2) is 30.7. The Hall–Kier alpha value is -0.320. The third kappa shape index (κ3) is 31.7. The number of unbranched alkanes of at least 4 members (excludes halogenated alkanes) is 20. The average Bonchev–Trinajstić information content (AvgIpc) is 2.80. The van der Waals surface area contributed by atoms with Crippen LogP contribution in [0.25, 0.3) is 0 Å². The average molecular weight is 505 g/mol. The Labute approximate surface area is 219 Å². The first-order valence-electron chi connectivity index (χ1n) is 14.8. The molecule has 0 unspecified atom stereocenters. The Morgan fingerprint density at radius 3 is 1.21 bits per heavy atom. The van der Waals surface area contributed by atoms with Crippen LogP contribution in [0.5, 0.6) is 0 Å². The SMILES string of the molecule is C[NH+](C)CCCNC(=O)CCCCCCCCCCCCCCCCCCCCCCCO.[Cl-]. The van der Waals surface area contributed by atoms with E-state index in [0.717, 1.165) is 32.4 Å². The molecule has 0 atom stereocenters. The zero-order chi connectivity index (χ0) is 24.2. The standard InChI is InChI=1S/C29H60N2O2.ClH/c1-31(2)27-24-26-30-29(33)25-22-20-18-16-14-12-10-8-6-4-3-5-7-9-11-13-15-17-19-21-23-28-32;/h32H,3-28H2,1-2H3,(H,30,33);1H. The molecule has 0 rings (SSSR count). The number of aliphatic hydroxyl groups excluding tert-OH is 1. The van der Waals surface area contributed by atoms with Gasteiger partial charge in [-0.15, -0.1) is 0 Å². The Balaban J connectivity index is 0. The summed E-state index contributed by atoms with van der Waals surface area (Å²) in [7, 11) is 4.30. The Morgan fingerprint density at radius 1 is 0.559 bits per heavy atom. The van der Waals surface area contributed by atoms with E-state index >= 15 is 0 Å². The van der Waals surface area contributed by atoms with Gasteiger partial charge in [0.15, 0.2) is 0 Å². The highest BCUT2D eigenvalue weighted by Gasteiger charge is 2.01. The normalized spacial score (nSPS) is 11.1. The number of nitrogens with one attached hydrogen (secondary N) is 2. The molecule has 4 nitrogen and oxygen atoms in total. The van der Waals surface area contributed by atoms with Gasteiger partial charge >= 0.3 is 0 Å². The predicted molar refractivity (Wildman–Crippen MR) is 144 cm³/mol. The summed E-state index contributed by atoms with van der Waals surface area (Å²) in [5.41, 5.74) is 0. The summed E-state index contributed by atoms with van der Waals surface area (Å²) in [4.78, 5) is 13.2. The lowest BCUT2D eigenvalue weighted by Crippen LogP contribution is -3.05. The second-order valence-electron chi connectivity index (χ2n) is 10.6. The van der Waals surface area contributed by atoms with Gasteiger partial charge in [-0.05, 0) is 12.8 Å². The van der Waals surface area contributed by atoms with E-state index in [0.29, 0.717) is 13.0 Å². The molecular weight excluding hydrogens is 444 g/mol. The summed E-state index contributed by atoms with van der Waals surface area (Å²) in [5.74, 6) is 0.241. The van der Waals surface area contributed by atoms with Crippen molar-refractivity contribution in [2.75, 3.05) is 33.8 Å². The minimum Gasteiger partial charge on any atom is -1.00 e. The first kappa shape index (κ1) is 35.8. The molecule has 0 heterocycles. The van der Waals surface area contributed by atoms with E-state index in [1.54, 1.807) is 0 Å². The lowest BCUT2D eigenvalue weighted by atomic mass is 10.0. The van der Waals surface area contributed by atoms with Gasteiger partial charge in [0.05, 0.1) is 20.6 Å². The fourth-order valence-electron chi connectivity index (χ4n) is 4.51. The highest BCUT2D eigenvalue weighted by atomic mass is 35.5. The van der Waals surface area contributed by atoms with Gasteiger partial charge in [-0.25, -0.2) is 0 Å². The lowest BCUT2D eigenvalue weighted by molar-refractivity contribution is -0.858. The largest absolute Gasteiger partial charge is 1.00 e. The van der Waals surface area contributed by atoms with E-state index in [1.807, 2.05) is 0 Å². The van der Waals surface area contributed by atoms with E-state index in [-0.39, 0.29) is 18.3 Å². The minimum absolute atomic E-state index is 0.